The van der Waals surface area contributed by atoms with Gasteiger partial charge in [-0.15, -0.1) is 0 Å². The average Bonchev–Trinajstić information content (AvgIpc) is 2.55. The molecule has 21 heavy (non-hydrogen) atoms. The first kappa shape index (κ1) is 13.7. The molecular weight excluding hydrogens is 262 g/mol. The average molecular weight is 281 g/mol. The lowest BCUT2D eigenvalue weighted by molar-refractivity contribution is 0.526. The third-order valence-electron chi connectivity index (χ3n) is 3.42. The van der Waals surface area contributed by atoms with Crippen LogP contribution in [0.3, 0.4) is 0 Å². The predicted octanol–water partition coefficient (Wildman–Crippen LogP) is 2.99. The van der Waals surface area contributed by atoms with Crippen LogP contribution < -0.4 is 10.6 Å². The van der Waals surface area contributed by atoms with Gasteiger partial charge in [0, 0.05) is 5.56 Å². The normalized spacial score (nSPS) is 16.3. The molecule has 0 fully saturated rings. The fourth-order valence-corrected chi connectivity index (χ4v) is 2.26. The third kappa shape index (κ3) is 3.08. The first-order chi connectivity index (χ1) is 10.4. The van der Waals surface area contributed by atoms with Crippen LogP contribution in [0.5, 0.6) is 0 Å². The zero-order chi connectivity index (χ0) is 14.5. The van der Waals surface area contributed by atoms with Gasteiger partial charge in [0.25, 0.3) is 0 Å². The summed E-state index contributed by atoms with van der Waals surface area (Å²) in [4.78, 5) is 13.6. The zero-order valence-corrected chi connectivity index (χ0v) is 12.1. The molecule has 1 aromatic heterocycles. The molecule has 0 amide bonds. The molecule has 1 aliphatic rings. The lowest BCUT2D eigenvalue weighted by atomic mass is 10.1. The number of unbranched alkanes of at least 4 members (excludes halogenated alkanes) is 1. The number of benzene rings is 1. The van der Waals surface area contributed by atoms with Crippen LogP contribution in [0.4, 0.5) is 5.82 Å². The van der Waals surface area contributed by atoms with E-state index in [2.05, 4.69) is 32.5 Å². The molecule has 1 aliphatic heterocycles. The summed E-state index contributed by atoms with van der Waals surface area (Å²) in [7, 11) is 0. The molecule has 5 heteroatoms. The molecule has 2 aromatic rings. The molecule has 0 radical (unpaired) electrons. The Morgan fingerprint density at radius 3 is 2.90 bits per heavy atom. The van der Waals surface area contributed by atoms with Crippen LogP contribution in [0.15, 0.2) is 41.5 Å². The highest BCUT2D eigenvalue weighted by atomic mass is 15.2. The maximum Gasteiger partial charge on any atom is 0.157 e. The molecule has 0 saturated heterocycles. The predicted molar refractivity (Wildman–Crippen MR) is 85.2 cm³/mol. The maximum absolute atomic E-state index is 4.66. The van der Waals surface area contributed by atoms with E-state index in [0.717, 1.165) is 42.2 Å². The van der Waals surface area contributed by atoms with Gasteiger partial charge >= 0.3 is 0 Å². The molecule has 5 nitrogen and oxygen atoms in total. The van der Waals surface area contributed by atoms with Crippen LogP contribution in [0.2, 0.25) is 0 Å². The Balaban J connectivity index is 1.83. The first-order valence-electron chi connectivity index (χ1n) is 7.32. The Kier molecular flexibility index (Phi) is 4.21. The van der Waals surface area contributed by atoms with Crippen molar-refractivity contribution in [2.45, 2.75) is 25.9 Å². The van der Waals surface area contributed by atoms with E-state index in [4.69, 9.17) is 0 Å². The minimum Gasteiger partial charge on any atom is -0.330 e. The van der Waals surface area contributed by atoms with Gasteiger partial charge < -0.3 is 5.32 Å². The second kappa shape index (κ2) is 6.45. The molecule has 2 N–H and O–H groups in total. The van der Waals surface area contributed by atoms with Gasteiger partial charge in [-0.3, -0.25) is 10.3 Å². The van der Waals surface area contributed by atoms with Crippen molar-refractivity contribution in [1.29, 1.82) is 0 Å². The number of hydrogen-bond acceptors (Lipinski definition) is 5. The summed E-state index contributed by atoms with van der Waals surface area (Å²) >= 11 is 0. The Labute approximate surface area is 124 Å². The first-order valence-corrected chi connectivity index (χ1v) is 7.32. The van der Waals surface area contributed by atoms with Gasteiger partial charge in [-0.05, 0) is 13.0 Å². The standard InChI is InChI=1S/C16H19N5/c1-2-3-9-17-15-14-16(20-11-19-15)21-13(10-18-14)12-7-5-4-6-8-12/h4-8,10-11,15,17H,2-3,9H2,1H3,(H,19,20,21). The largest absolute Gasteiger partial charge is 0.330 e. The van der Waals surface area contributed by atoms with Crippen molar-refractivity contribution in [3.05, 3.63) is 42.2 Å². The summed E-state index contributed by atoms with van der Waals surface area (Å²) in [5, 5.41) is 6.49. The molecule has 0 saturated carbocycles. The summed E-state index contributed by atoms with van der Waals surface area (Å²) < 4.78 is 0. The molecule has 108 valence electrons. The van der Waals surface area contributed by atoms with Crippen LogP contribution in [-0.2, 0) is 0 Å². The Bertz CT molecular complexity index is 624. The Hall–Kier alpha value is -2.27. The van der Waals surface area contributed by atoms with Crippen molar-refractivity contribution < 1.29 is 0 Å². The Morgan fingerprint density at radius 1 is 1.24 bits per heavy atom. The van der Waals surface area contributed by atoms with Crippen LogP contribution in [0.25, 0.3) is 11.3 Å². The number of rotatable bonds is 5. The fraction of sp³-hybridized carbons (Fsp3) is 0.312. The summed E-state index contributed by atoms with van der Waals surface area (Å²) in [6.07, 6.45) is 5.68. The molecule has 0 aliphatic carbocycles. The van der Waals surface area contributed by atoms with Crippen molar-refractivity contribution in [3.8, 4) is 11.3 Å². The number of nitrogens with zero attached hydrogens (tertiary/aromatic N) is 3. The maximum atomic E-state index is 4.66. The molecule has 0 spiro atoms. The van der Waals surface area contributed by atoms with Crippen molar-refractivity contribution in [3.63, 3.8) is 0 Å². The number of hydrogen-bond donors (Lipinski definition) is 2. The summed E-state index contributed by atoms with van der Waals surface area (Å²) in [6.45, 7) is 3.10. The van der Waals surface area contributed by atoms with Crippen molar-refractivity contribution >= 4 is 12.2 Å². The summed E-state index contributed by atoms with van der Waals surface area (Å²) in [6, 6.07) is 10.1. The van der Waals surface area contributed by atoms with Crippen LogP contribution in [0.1, 0.15) is 31.6 Å². The molecule has 1 unspecified atom stereocenters. The van der Waals surface area contributed by atoms with E-state index in [1.165, 1.54) is 0 Å². The molecule has 1 aromatic carbocycles. The van der Waals surface area contributed by atoms with Crippen molar-refractivity contribution in [2.24, 2.45) is 4.99 Å². The molecule has 0 bridgehead atoms. The van der Waals surface area contributed by atoms with Gasteiger partial charge in [0.1, 0.15) is 11.9 Å². The highest BCUT2D eigenvalue weighted by molar-refractivity contribution is 5.78. The number of nitrogens with one attached hydrogen (secondary N) is 2. The van der Waals surface area contributed by atoms with Crippen LogP contribution in [-0.4, -0.2) is 22.9 Å². The quantitative estimate of drug-likeness (QED) is 0.827. The van der Waals surface area contributed by atoms with E-state index < -0.39 is 0 Å². The molecular formula is C16H19N5. The fourth-order valence-electron chi connectivity index (χ4n) is 2.26. The second-order valence-electron chi connectivity index (χ2n) is 4.99. The van der Waals surface area contributed by atoms with Crippen molar-refractivity contribution in [1.82, 2.24) is 15.3 Å². The molecule has 1 atom stereocenters. The summed E-state index contributed by atoms with van der Waals surface area (Å²) in [5.41, 5.74) is 2.78. The SMILES string of the molecule is CCCCNC1N=CNc2nc(-c3ccccc3)cnc21. The second-order valence-corrected chi connectivity index (χ2v) is 4.99. The Morgan fingerprint density at radius 2 is 2.10 bits per heavy atom. The van der Waals surface area contributed by atoms with Gasteiger partial charge in [0.2, 0.25) is 0 Å². The molecule has 3 rings (SSSR count). The minimum atomic E-state index is -0.106. The van der Waals surface area contributed by atoms with Gasteiger partial charge in [-0.2, -0.15) is 0 Å². The highest BCUT2D eigenvalue weighted by Gasteiger charge is 2.20. The van der Waals surface area contributed by atoms with E-state index >= 15 is 0 Å². The number of aliphatic imine (C=N–C) groups is 1. The number of fused-ring (bicyclic) bond motifs is 1. The number of aromatic nitrogens is 2. The summed E-state index contributed by atoms with van der Waals surface area (Å²) in [5.74, 6) is 0.778. The van der Waals surface area contributed by atoms with E-state index in [0.29, 0.717) is 0 Å². The van der Waals surface area contributed by atoms with Gasteiger partial charge in [0.15, 0.2) is 5.82 Å². The van der Waals surface area contributed by atoms with E-state index in [1.807, 2.05) is 36.5 Å². The number of anilines is 1. The van der Waals surface area contributed by atoms with E-state index in [9.17, 15) is 0 Å². The van der Waals surface area contributed by atoms with Crippen molar-refractivity contribution in [2.75, 3.05) is 11.9 Å². The van der Waals surface area contributed by atoms with E-state index in [1.54, 1.807) is 6.34 Å². The highest BCUT2D eigenvalue weighted by Crippen LogP contribution is 2.26. The van der Waals surface area contributed by atoms with Gasteiger partial charge in [-0.1, -0.05) is 43.7 Å². The zero-order valence-electron chi connectivity index (χ0n) is 12.1. The lowest BCUT2D eigenvalue weighted by Crippen LogP contribution is -2.26. The van der Waals surface area contributed by atoms with Crippen LogP contribution >= 0.6 is 0 Å². The topological polar surface area (TPSA) is 62.2 Å². The van der Waals surface area contributed by atoms with Gasteiger partial charge in [0.05, 0.1) is 18.2 Å². The van der Waals surface area contributed by atoms with E-state index in [-0.39, 0.29) is 6.17 Å². The smallest absolute Gasteiger partial charge is 0.157 e. The molecule has 2 heterocycles. The minimum absolute atomic E-state index is 0.106. The lowest BCUT2D eigenvalue weighted by Gasteiger charge is -2.20. The van der Waals surface area contributed by atoms with Gasteiger partial charge in [-0.25, -0.2) is 9.98 Å². The van der Waals surface area contributed by atoms with Crippen LogP contribution in [0, 0.1) is 0 Å². The third-order valence-corrected chi connectivity index (χ3v) is 3.42. The monoisotopic (exact) mass is 281 g/mol.